The molecule has 1 atom stereocenters. The molecule has 4 heteroatoms. The van der Waals surface area contributed by atoms with Crippen molar-refractivity contribution >= 4 is 23.2 Å². The van der Waals surface area contributed by atoms with Gasteiger partial charge in [-0.05, 0) is 44.6 Å². The molecule has 1 fully saturated rings. The summed E-state index contributed by atoms with van der Waals surface area (Å²) in [6.45, 7) is 0. The molecule has 1 aromatic rings. The molecule has 0 amide bonds. The lowest BCUT2D eigenvalue weighted by Crippen LogP contribution is -2.39. The van der Waals surface area contributed by atoms with Crippen LogP contribution in [-0.2, 0) is 0 Å². The van der Waals surface area contributed by atoms with Crippen molar-refractivity contribution in [3.05, 3.63) is 33.8 Å². The molecule has 0 radical (unpaired) electrons. The fraction of sp³-hybridized carbons (Fsp3) is 0.500. The van der Waals surface area contributed by atoms with Gasteiger partial charge in [0.1, 0.15) is 0 Å². The molecular weight excluding hydrogens is 243 g/mol. The van der Waals surface area contributed by atoms with Gasteiger partial charge in [0.25, 0.3) is 0 Å². The Hall–Kier alpha value is -0.280. The van der Waals surface area contributed by atoms with E-state index in [1.54, 1.807) is 6.07 Å². The molecule has 0 spiro atoms. The summed E-state index contributed by atoms with van der Waals surface area (Å²) in [6.07, 6.45) is 2.10. The first kappa shape index (κ1) is 12.2. The zero-order valence-corrected chi connectivity index (χ0v) is 11.0. The van der Waals surface area contributed by atoms with Crippen LogP contribution in [0.5, 0.6) is 0 Å². The molecular formula is C12H16Cl2N2. The summed E-state index contributed by atoms with van der Waals surface area (Å²) in [5.74, 6) is 0. The van der Waals surface area contributed by atoms with Gasteiger partial charge in [-0.15, -0.1) is 0 Å². The molecule has 1 saturated carbocycles. The number of nitrogens with two attached hydrogens (primary N) is 1. The topological polar surface area (TPSA) is 29.3 Å². The van der Waals surface area contributed by atoms with Gasteiger partial charge < -0.3 is 10.6 Å². The van der Waals surface area contributed by atoms with Crippen molar-refractivity contribution < 1.29 is 0 Å². The highest BCUT2D eigenvalue weighted by atomic mass is 35.5. The summed E-state index contributed by atoms with van der Waals surface area (Å²) in [6, 6.07) is 5.78. The molecule has 1 aromatic carbocycles. The molecule has 0 aromatic heterocycles. The maximum Gasteiger partial charge on any atom is 0.0537 e. The summed E-state index contributed by atoms with van der Waals surface area (Å²) in [7, 11) is 4.06. The van der Waals surface area contributed by atoms with Crippen molar-refractivity contribution in [2.24, 2.45) is 5.73 Å². The van der Waals surface area contributed by atoms with Gasteiger partial charge in [0, 0.05) is 15.6 Å². The van der Waals surface area contributed by atoms with Gasteiger partial charge in [-0.3, -0.25) is 0 Å². The number of hydrogen-bond donors (Lipinski definition) is 1. The Balaban J connectivity index is 2.39. The Labute approximate surface area is 106 Å². The second-order valence-corrected chi connectivity index (χ2v) is 5.61. The van der Waals surface area contributed by atoms with E-state index in [0.29, 0.717) is 10.0 Å². The van der Waals surface area contributed by atoms with Gasteiger partial charge in [0.05, 0.1) is 6.04 Å². The van der Waals surface area contributed by atoms with Crippen LogP contribution in [-0.4, -0.2) is 24.5 Å². The van der Waals surface area contributed by atoms with E-state index in [-0.39, 0.29) is 11.6 Å². The highest BCUT2D eigenvalue weighted by Crippen LogP contribution is 2.47. The van der Waals surface area contributed by atoms with Gasteiger partial charge in [-0.2, -0.15) is 0 Å². The number of likely N-dealkylation sites (N-methyl/N-ethyl adjacent to an activating group) is 1. The first-order chi connectivity index (χ1) is 7.44. The van der Waals surface area contributed by atoms with E-state index in [2.05, 4.69) is 4.90 Å². The Morgan fingerprint density at radius 1 is 1.31 bits per heavy atom. The third kappa shape index (κ3) is 2.21. The molecule has 88 valence electrons. The molecule has 2 nitrogen and oxygen atoms in total. The number of hydrogen-bond acceptors (Lipinski definition) is 2. The maximum absolute atomic E-state index is 6.30. The maximum atomic E-state index is 6.30. The average Bonchev–Trinajstić information content (AvgIpc) is 2.88. The second-order valence-electron chi connectivity index (χ2n) is 4.77. The van der Waals surface area contributed by atoms with E-state index in [9.17, 15) is 0 Å². The Kier molecular flexibility index (Phi) is 3.19. The van der Waals surface area contributed by atoms with Crippen molar-refractivity contribution in [2.75, 3.05) is 14.1 Å². The predicted octanol–water partition coefficient (Wildman–Crippen LogP) is 3.09. The Morgan fingerprint density at radius 2 is 1.94 bits per heavy atom. The third-order valence-corrected chi connectivity index (χ3v) is 3.71. The molecule has 0 bridgehead atoms. The largest absolute Gasteiger partial charge is 0.323 e. The van der Waals surface area contributed by atoms with Crippen LogP contribution in [0.25, 0.3) is 0 Å². The van der Waals surface area contributed by atoms with Crippen LogP contribution in [0.3, 0.4) is 0 Å². The smallest absolute Gasteiger partial charge is 0.0537 e. The highest BCUT2D eigenvalue weighted by Gasteiger charge is 2.48. The minimum Gasteiger partial charge on any atom is -0.323 e. The van der Waals surface area contributed by atoms with Crippen LogP contribution >= 0.6 is 23.2 Å². The minimum atomic E-state index is -0.124. The van der Waals surface area contributed by atoms with E-state index >= 15 is 0 Å². The average molecular weight is 259 g/mol. The van der Waals surface area contributed by atoms with Crippen LogP contribution in [0, 0.1) is 0 Å². The zero-order chi connectivity index (χ0) is 11.9. The van der Waals surface area contributed by atoms with Crippen molar-refractivity contribution in [3.63, 3.8) is 0 Å². The number of benzene rings is 1. The van der Waals surface area contributed by atoms with E-state index in [1.165, 1.54) is 0 Å². The monoisotopic (exact) mass is 258 g/mol. The van der Waals surface area contributed by atoms with Crippen LogP contribution < -0.4 is 5.73 Å². The highest BCUT2D eigenvalue weighted by molar-refractivity contribution is 6.35. The van der Waals surface area contributed by atoms with Gasteiger partial charge in [-0.1, -0.05) is 29.3 Å². The van der Waals surface area contributed by atoms with Crippen LogP contribution in [0.1, 0.15) is 24.4 Å². The molecule has 2 N–H and O–H groups in total. The van der Waals surface area contributed by atoms with E-state index in [0.717, 1.165) is 18.4 Å². The first-order valence-electron chi connectivity index (χ1n) is 5.34. The minimum absolute atomic E-state index is 0.124. The van der Waals surface area contributed by atoms with Gasteiger partial charge in [0.15, 0.2) is 0 Å². The number of halogens is 2. The van der Waals surface area contributed by atoms with E-state index in [4.69, 9.17) is 28.9 Å². The second kappa shape index (κ2) is 4.19. The van der Waals surface area contributed by atoms with Crippen molar-refractivity contribution in [1.29, 1.82) is 0 Å². The summed E-state index contributed by atoms with van der Waals surface area (Å²) >= 11 is 12.1. The molecule has 0 heterocycles. The first-order valence-corrected chi connectivity index (χ1v) is 6.10. The molecule has 1 aliphatic carbocycles. The summed E-state index contributed by atoms with van der Waals surface area (Å²) in [5, 5.41) is 1.36. The van der Waals surface area contributed by atoms with Crippen molar-refractivity contribution in [1.82, 2.24) is 4.90 Å². The lowest BCUT2D eigenvalue weighted by Gasteiger charge is -2.31. The number of nitrogens with zero attached hydrogens (tertiary/aromatic N) is 1. The van der Waals surface area contributed by atoms with Gasteiger partial charge >= 0.3 is 0 Å². The Morgan fingerprint density at radius 3 is 2.38 bits per heavy atom. The van der Waals surface area contributed by atoms with Gasteiger partial charge in [-0.25, -0.2) is 0 Å². The van der Waals surface area contributed by atoms with Crippen molar-refractivity contribution in [2.45, 2.75) is 24.4 Å². The molecule has 2 rings (SSSR count). The normalized spacial score (nSPS) is 19.9. The molecule has 0 saturated heterocycles. The molecule has 1 aliphatic rings. The molecule has 1 unspecified atom stereocenters. The fourth-order valence-electron chi connectivity index (χ4n) is 2.24. The van der Waals surface area contributed by atoms with Crippen LogP contribution in [0.15, 0.2) is 18.2 Å². The fourth-order valence-corrected chi connectivity index (χ4v) is 2.75. The van der Waals surface area contributed by atoms with E-state index < -0.39 is 0 Å². The summed E-state index contributed by atoms with van der Waals surface area (Å²) in [5.41, 5.74) is 7.24. The summed E-state index contributed by atoms with van der Waals surface area (Å²) in [4.78, 5) is 2.13. The lowest BCUT2D eigenvalue weighted by molar-refractivity contribution is 0.246. The van der Waals surface area contributed by atoms with Gasteiger partial charge in [0.2, 0.25) is 0 Å². The molecule has 0 aliphatic heterocycles. The van der Waals surface area contributed by atoms with Crippen LogP contribution in [0.2, 0.25) is 10.0 Å². The predicted molar refractivity (Wildman–Crippen MR) is 69.0 cm³/mol. The SMILES string of the molecule is CN(C)C(c1ccc(Cl)cc1Cl)C1(N)CC1. The Bertz CT molecular complexity index is 400. The molecule has 16 heavy (non-hydrogen) atoms. The van der Waals surface area contributed by atoms with E-state index in [1.807, 2.05) is 26.2 Å². The van der Waals surface area contributed by atoms with Crippen molar-refractivity contribution in [3.8, 4) is 0 Å². The quantitative estimate of drug-likeness (QED) is 0.903. The standard InChI is InChI=1S/C12H16Cl2N2/c1-16(2)11(12(15)5-6-12)9-4-3-8(13)7-10(9)14/h3-4,7,11H,5-6,15H2,1-2H3. The number of rotatable bonds is 3. The zero-order valence-electron chi connectivity index (χ0n) is 9.50. The summed E-state index contributed by atoms with van der Waals surface area (Å²) < 4.78 is 0. The lowest BCUT2D eigenvalue weighted by atomic mass is 9.97. The van der Waals surface area contributed by atoms with Crippen LogP contribution in [0.4, 0.5) is 0 Å². The third-order valence-electron chi connectivity index (χ3n) is 3.15.